The van der Waals surface area contributed by atoms with Crippen molar-refractivity contribution in [3.63, 3.8) is 0 Å². The van der Waals surface area contributed by atoms with E-state index in [2.05, 4.69) is 0 Å². The van der Waals surface area contributed by atoms with E-state index in [-0.39, 0.29) is 6.10 Å². The second-order valence-electron chi connectivity index (χ2n) is 4.43. The van der Waals surface area contributed by atoms with E-state index in [9.17, 15) is 0 Å². The number of benzene rings is 2. The number of halogens is 1. The molecule has 2 rings (SSSR count). The minimum atomic E-state index is 0.182. The topological polar surface area (TPSA) is 35.2 Å². The molecule has 2 aromatic rings. The van der Waals surface area contributed by atoms with Crippen LogP contribution in [-0.4, -0.2) is 6.10 Å². The van der Waals surface area contributed by atoms with Gasteiger partial charge in [0.15, 0.2) is 0 Å². The quantitative estimate of drug-likeness (QED) is 0.833. The number of hydrogen-bond acceptors (Lipinski definition) is 2. The number of ether oxygens (including phenoxy) is 1. The van der Waals surface area contributed by atoms with Gasteiger partial charge in [0.1, 0.15) is 5.75 Å². The van der Waals surface area contributed by atoms with Crippen LogP contribution in [0.15, 0.2) is 42.5 Å². The van der Waals surface area contributed by atoms with Gasteiger partial charge in [0, 0.05) is 0 Å². The Morgan fingerprint density at radius 3 is 2.17 bits per heavy atom. The molecule has 0 amide bonds. The third kappa shape index (κ3) is 2.96. The fraction of sp³-hybridized carbons (Fsp3) is 0.200. The Kier molecular flexibility index (Phi) is 3.78. The molecule has 0 aromatic heterocycles. The molecule has 0 saturated carbocycles. The SMILES string of the molecule is CC(C)Oc1ccc(-c2ccc(Cl)c(N)c2)cc1. The van der Waals surface area contributed by atoms with E-state index in [1.54, 1.807) is 0 Å². The lowest BCUT2D eigenvalue weighted by Crippen LogP contribution is -2.05. The number of nitrogen functional groups attached to an aromatic ring is 1. The van der Waals surface area contributed by atoms with Crippen LogP contribution < -0.4 is 10.5 Å². The van der Waals surface area contributed by atoms with Gasteiger partial charge >= 0.3 is 0 Å². The molecule has 0 spiro atoms. The lowest BCUT2D eigenvalue weighted by atomic mass is 10.1. The van der Waals surface area contributed by atoms with Crippen LogP contribution in [0.1, 0.15) is 13.8 Å². The standard InChI is InChI=1S/C15H16ClNO/c1-10(2)18-13-6-3-11(4-7-13)12-5-8-14(16)15(17)9-12/h3-10H,17H2,1-2H3. The lowest BCUT2D eigenvalue weighted by molar-refractivity contribution is 0.242. The minimum Gasteiger partial charge on any atom is -0.491 e. The van der Waals surface area contributed by atoms with Gasteiger partial charge in [-0.1, -0.05) is 29.8 Å². The first-order chi connectivity index (χ1) is 8.56. The van der Waals surface area contributed by atoms with E-state index >= 15 is 0 Å². The molecule has 0 atom stereocenters. The molecule has 0 fully saturated rings. The van der Waals surface area contributed by atoms with Gasteiger partial charge in [-0.3, -0.25) is 0 Å². The molecule has 0 aliphatic rings. The summed E-state index contributed by atoms with van der Waals surface area (Å²) in [7, 11) is 0. The molecule has 18 heavy (non-hydrogen) atoms. The van der Waals surface area contributed by atoms with Crippen molar-refractivity contribution in [2.75, 3.05) is 5.73 Å². The molecule has 94 valence electrons. The minimum absolute atomic E-state index is 0.182. The van der Waals surface area contributed by atoms with Crippen LogP contribution in [0.5, 0.6) is 5.75 Å². The molecule has 2 N–H and O–H groups in total. The van der Waals surface area contributed by atoms with Crippen molar-refractivity contribution in [3.05, 3.63) is 47.5 Å². The summed E-state index contributed by atoms with van der Waals surface area (Å²) in [5.41, 5.74) is 8.53. The normalized spacial score (nSPS) is 10.7. The molecule has 0 bridgehead atoms. The zero-order valence-electron chi connectivity index (χ0n) is 10.5. The maximum Gasteiger partial charge on any atom is 0.119 e. The zero-order chi connectivity index (χ0) is 13.1. The van der Waals surface area contributed by atoms with Gasteiger partial charge < -0.3 is 10.5 Å². The van der Waals surface area contributed by atoms with Gasteiger partial charge in [-0.25, -0.2) is 0 Å². The van der Waals surface area contributed by atoms with Gasteiger partial charge in [-0.05, 0) is 49.2 Å². The Morgan fingerprint density at radius 1 is 1.00 bits per heavy atom. The second-order valence-corrected chi connectivity index (χ2v) is 4.83. The number of rotatable bonds is 3. The van der Waals surface area contributed by atoms with E-state index in [1.165, 1.54) is 0 Å². The fourth-order valence-corrected chi connectivity index (χ4v) is 1.84. The van der Waals surface area contributed by atoms with Crippen LogP contribution in [0.2, 0.25) is 5.02 Å². The van der Waals surface area contributed by atoms with Crippen molar-refractivity contribution >= 4 is 17.3 Å². The summed E-state index contributed by atoms with van der Waals surface area (Å²) < 4.78 is 5.60. The first-order valence-electron chi connectivity index (χ1n) is 5.88. The molecule has 0 aliphatic carbocycles. The molecule has 2 aromatic carbocycles. The maximum absolute atomic E-state index is 5.91. The van der Waals surface area contributed by atoms with Crippen molar-refractivity contribution in [1.82, 2.24) is 0 Å². The Balaban J connectivity index is 2.25. The molecule has 0 heterocycles. The fourth-order valence-electron chi connectivity index (χ4n) is 1.72. The first kappa shape index (κ1) is 12.8. The number of nitrogens with two attached hydrogens (primary N) is 1. The van der Waals surface area contributed by atoms with E-state index < -0.39 is 0 Å². The third-order valence-electron chi connectivity index (χ3n) is 2.56. The number of hydrogen-bond donors (Lipinski definition) is 1. The van der Waals surface area contributed by atoms with E-state index in [1.807, 2.05) is 56.3 Å². The highest BCUT2D eigenvalue weighted by Gasteiger charge is 2.02. The number of anilines is 1. The van der Waals surface area contributed by atoms with E-state index in [0.29, 0.717) is 10.7 Å². The highest BCUT2D eigenvalue weighted by atomic mass is 35.5. The van der Waals surface area contributed by atoms with Crippen LogP contribution in [0, 0.1) is 0 Å². The van der Waals surface area contributed by atoms with Crippen molar-refractivity contribution in [1.29, 1.82) is 0 Å². The molecule has 0 unspecified atom stereocenters. The van der Waals surface area contributed by atoms with Crippen LogP contribution in [0.25, 0.3) is 11.1 Å². The van der Waals surface area contributed by atoms with Crippen LogP contribution in [0.4, 0.5) is 5.69 Å². The Hall–Kier alpha value is -1.67. The highest BCUT2D eigenvalue weighted by Crippen LogP contribution is 2.28. The van der Waals surface area contributed by atoms with Gasteiger partial charge in [-0.2, -0.15) is 0 Å². The van der Waals surface area contributed by atoms with Gasteiger partial charge in [0.25, 0.3) is 0 Å². The Morgan fingerprint density at radius 2 is 1.61 bits per heavy atom. The van der Waals surface area contributed by atoms with Gasteiger partial charge in [-0.15, -0.1) is 0 Å². The third-order valence-corrected chi connectivity index (χ3v) is 2.90. The summed E-state index contributed by atoms with van der Waals surface area (Å²) in [5, 5.41) is 0.582. The first-order valence-corrected chi connectivity index (χ1v) is 6.26. The van der Waals surface area contributed by atoms with Crippen molar-refractivity contribution in [2.45, 2.75) is 20.0 Å². The average molecular weight is 262 g/mol. The Bertz CT molecular complexity index is 535. The van der Waals surface area contributed by atoms with Crippen molar-refractivity contribution < 1.29 is 4.74 Å². The predicted molar refractivity (Wildman–Crippen MR) is 77.1 cm³/mol. The second kappa shape index (κ2) is 5.32. The van der Waals surface area contributed by atoms with Gasteiger partial charge in [0.05, 0.1) is 16.8 Å². The molecular weight excluding hydrogens is 246 g/mol. The Labute approximate surface area is 112 Å². The zero-order valence-corrected chi connectivity index (χ0v) is 11.2. The monoisotopic (exact) mass is 261 g/mol. The van der Waals surface area contributed by atoms with Gasteiger partial charge in [0.2, 0.25) is 0 Å². The molecule has 3 heteroatoms. The average Bonchev–Trinajstić information content (AvgIpc) is 2.33. The lowest BCUT2D eigenvalue weighted by Gasteiger charge is -2.10. The smallest absolute Gasteiger partial charge is 0.119 e. The summed E-state index contributed by atoms with van der Waals surface area (Å²) in [5.74, 6) is 0.871. The van der Waals surface area contributed by atoms with Crippen molar-refractivity contribution in [2.24, 2.45) is 0 Å². The molecule has 2 nitrogen and oxygen atoms in total. The maximum atomic E-state index is 5.91. The predicted octanol–water partition coefficient (Wildman–Crippen LogP) is 4.38. The van der Waals surface area contributed by atoms with Crippen molar-refractivity contribution in [3.8, 4) is 16.9 Å². The summed E-state index contributed by atoms with van der Waals surface area (Å²) in [6.07, 6.45) is 0.182. The van der Waals surface area contributed by atoms with Crippen LogP contribution in [0.3, 0.4) is 0 Å². The molecule has 0 radical (unpaired) electrons. The summed E-state index contributed by atoms with van der Waals surface area (Å²) in [6.45, 7) is 4.02. The molecule has 0 saturated heterocycles. The highest BCUT2D eigenvalue weighted by molar-refractivity contribution is 6.33. The van der Waals surface area contributed by atoms with Crippen LogP contribution >= 0.6 is 11.6 Å². The van der Waals surface area contributed by atoms with E-state index in [4.69, 9.17) is 22.1 Å². The molecular formula is C15H16ClNO. The van der Waals surface area contributed by atoms with Crippen LogP contribution in [-0.2, 0) is 0 Å². The summed E-state index contributed by atoms with van der Waals surface area (Å²) >= 11 is 5.91. The summed E-state index contributed by atoms with van der Waals surface area (Å²) in [4.78, 5) is 0. The molecule has 0 aliphatic heterocycles. The largest absolute Gasteiger partial charge is 0.491 e. The van der Waals surface area contributed by atoms with E-state index in [0.717, 1.165) is 16.9 Å². The summed E-state index contributed by atoms with van der Waals surface area (Å²) in [6, 6.07) is 13.6.